The highest BCUT2D eigenvalue weighted by molar-refractivity contribution is 6.08. The minimum absolute atomic E-state index is 0.0704. The molecule has 0 saturated heterocycles. The van der Waals surface area contributed by atoms with Crippen LogP contribution < -0.4 is 4.90 Å². The molecule has 0 aliphatic carbocycles. The number of carbonyl (C=O) groups is 2. The molecule has 2 heterocycles. The van der Waals surface area contributed by atoms with E-state index in [0.717, 1.165) is 23.4 Å². The first-order valence-corrected chi connectivity index (χ1v) is 7.11. The van der Waals surface area contributed by atoms with Crippen molar-refractivity contribution in [1.29, 1.82) is 0 Å². The average molecular weight is 299 g/mol. The van der Waals surface area contributed by atoms with Crippen LogP contribution in [0.2, 0.25) is 0 Å². The molecule has 0 radical (unpaired) electrons. The lowest BCUT2D eigenvalue weighted by molar-refractivity contribution is 0.0600. The van der Waals surface area contributed by atoms with Crippen molar-refractivity contribution in [3.63, 3.8) is 0 Å². The number of carbonyl (C=O) groups excluding carboxylic acids is 2. The third-order valence-electron chi connectivity index (χ3n) is 3.91. The molecule has 0 atom stereocenters. The van der Waals surface area contributed by atoms with Crippen molar-refractivity contribution in [2.24, 2.45) is 0 Å². The topological polar surface area (TPSA) is 59.8 Å². The van der Waals surface area contributed by atoms with Gasteiger partial charge in [-0.2, -0.15) is 0 Å². The Hall–Kier alpha value is -2.56. The monoisotopic (exact) mass is 299 g/mol. The zero-order chi connectivity index (χ0) is 15.9. The Morgan fingerprint density at radius 2 is 2.00 bits per heavy atom. The fraction of sp³-hybridized carbons (Fsp3) is 0.294. The Morgan fingerprint density at radius 1 is 1.23 bits per heavy atom. The molecule has 5 nitrogen and oxygen atoms in total. The first-order valence-electron chi connectivity index (χ1n) is 7.11. The van der Waals surface area contributed by atoms with Crippen LogP contribution in [0.4, 0.5) is 5.69 Å². The van der Waals surface area contributed by atoms with Crippen LogP contribution in [-0.4, -0.2) is 25.5 Å². The summed E-state index contributed by atoms with van der Waals surface area (Å²) in [6.07, 6.45) is 0.724. The molecule has 3 rings (SSSR count). The predicted octanol–water partition coefficient (Wildman–Crippen LogP) is 2.89. The van der Waals surface area contributed by atoms with E-state index in [-0.39, 0.29) is 11.9 Å². The fourth-order valence-corrected chi connectivity index (χ4v) is 2.85. The van der Waals surface area contributed by atoms with E-state index in [0.29, 0.717) is 23.4 Å². The van der Waals surface area contributed by atoms with E-state index >= 15 is 0 Å². The molecule has 1 aliphatic rings. The number of anilines is 1. The molecule has 0 saturated carbocycles. The van der Waals surface area contributed by atoms with Crippen LogP contribution in [0, 0.1) is 13.8 Å². The van der Waals surface area contributed by atoms with Gasteiger partial charge in [-0.3, -0.25) is 4.79 Å². The van der Waals surface area contributed by atoms with Crippen molar-refractivity contribution < 1.29 is 18.7 Å². The molecule has 0 N–H and O–H groups in total. The minimum atomic E-state index is -0.367. The van der Waals surface area contributed by atoms with Gasteiger partial charge in [0.15, 0.2) is 0 Å². The van der Waals surface area contributed by atoms with Gasteiger partial charge in [-0.05, 0) is 50.1 Å². The van der Waals surface area contributed by atoms with Gasteiger partial charge in [-0.15, -0.1) is 0 Å². The van der Waals surface area contributed by atoms with Crippen LogP contribution >= 0.6 is 0 Å². The molecule has 0 bridgehead atoms. The molecular weight excluding hydrogens is 282 g/mol. The number of aryl methyl sites for hydroxylation is 2. The van der Waals surface area contributed by atoms with Gasteiger partial charge in [-0.1, -0.05) is 0 Å². The minimum Gasteiger partial charge on any atom is -0.466 e. The van der Waals surface area contributed by atoms with Gasteiger partial charge >= 0.3 is 5.97 Å². The van der Waals surface area contributed by atoms with E-state index in [1.165, 1.54) is 7.11 Å². The highest BCUT2D eigenvalue weighted by atomic mass is 16.5. The summed E-state index contributed by atoms with van der Waals surface area (Å²) in [6, 6.07) is 7.04. The Morgan fingerprint density at radius 3 is 2.64 bits per heavy atom. The molecule has 1 aromatic carbocycles. The Balaban J connectivity index is 1.93. The second-order valence-corrected chi connectivity index (χ2v) is 5.37. The largest absolute Gasteiger partial charge is 0.466 e. The molecule has 0 spiro atoms. The normalized spacial score (nSPS) is 13.1. The highest BCUT2D eigenvalue weighted by Gasteiger charge is 2.28. The number of hydrogen-bond donors (Lipinski definition) is 0. The number of nitrogens with zero attached hydrogens (tertiary/aromatic N) is 1. The second-order valence-electron chi connectivity index (χ2n) is 5.37. The maximum Gasteiger partial charge on any atom is 0.337 e. The van der Waals surface area contributed by atoms with E-state index in [2.05, 4.69) is 0 Å². The summed E-state index contributed by atoms with van der Waals surface area (Å²) < 4.78 is 10.2. The third kappa shape index (κ3) is 2.28. The van der Waals surface area contributed by atoms with Gasteiger partial charge in [0.1, 0.15) is 11.5 Å². The van der Waals surface area contributed by atoms with Crippen LogP contribution in [0.15, 0.2) is 28.7 Å². The van der Waals surface area contributed by atoms with E-state index in [1.54, 1.807) is 36.1 Å². The standard InChI is InChI=1S/C17H17NO4/c1-10-8-14(11(2)22-10)16(19)18-7-6-12-9-13(17(20)21-3)4-5-15(12)18/h4-5,8-9H,6-7H2,1-3H3. The number of methoxy groups -OCH3 is 1. The molecule has 1 amide bonds. The fourth-order valence-electron chi connectivity index (χ4n) is 2.85. The lowest BCUT2D eigenvalue weighted by Crippen LogP contribution is -2.29. The van der Waals surface area contributed by atoms with Crippen molar-refractivity contribution >= 4 is 17.6 Å². The van der Waals surface area contributed by atoms with Gasteiger partial charge in [-0.25, -0.2) is 4.79 Å². The Bertz CT molecular complexity index is 760. The molecule has 5 heteroatoms. The van der Waals surface area contributed by atoms with Crippen molar-refractivity contribution in [2.75, 3.05) is 18.6 Å². The average Bonchev–Trinajstić information content (AvgIpc) is 3.08. The first kappa shape index (κ1) is 14.4. The number of esters is 1. The molecule has 0 fully saturated rings. The molecule has 114 valence electrons. The van der Waals surface area contributed by atoms with E-state index in [1.807, 2.05) is 6.92 Å². The predicted molar refractivity (Wildman–Crippen MR) is 81.3 cm³/mol. The number of hydrogen-bond acceptors (Lipinski definition) is 4. The number of furan rings is 1. The van der Waals surface area contributed by atoms with E-state index in [4.69, 9.17) is 9.15 Å². The lowest BCUT2D eigenvalue weighted by atomic mass is 10.1. The van der Waals surface area contributed by atoms with Crippen molar-refractivity contribution in [3.8, 4) is 0 Å². The van der Waals surface area contributed by atoms with Crippen LogP contribution in [0.5, 0.6) is 0 Å². The zero-order valence-corrected chi connectivity index (χ0v) is 12.8. The van der Waals surface area contributed by atoms with E-state index in [9.17, 15) is 9.59 Å². The lowest BCUT2D eigenvalue weighted by Gasteiger charge is -2.17. The number of ether oxygens (including phenoxy) is 1. The summed E-state index contributed by atoms with van der Waals surface area (Å²) >= 11 is 0. The molecule has 2 aromatic rings. The summed E-state index contributed by atoms with van der Waals surface area (Å²) in [5.41, 5.74) is 2.92. The maximum absolute atomic E-state index is 12.7. The summed E-state index contributed by atoms with van der Waals surface area (Å²) in [4.78, 5) is 26.0. The van der Waals surface area contributed by atoms with Crippen LogP contribution in [0.1, 0.15) is 37.8 Å². The Labute approximate surface area is 128 Å². The van der Waals surface area contributed by atoms with Gasteiger partial charge in [0.25, 0.3) is 5.91 Å². The van der Waals surface area contributed by atoms with Crippen molar-refractivity contribution in [3.05, 3.63) is 52.5 Å². The van der Waals surface area contributed by atoms with Gasteiger partial charge in [0.2, 0.25) is 0 Å². The number of fused-ring (bicyclic) bond motifs is 1. The number of benzene rings is 1. The second kappa shape index (κ2) is 5.33. The van der Waals surface area contributed by atoms with Crippen LogP contribution in [0.3, 0.4) is 0 Å². The molecule has 1 aromatic heterocycles. The van der Waals surface area contributed by atoms with Gasteiger partial charge in [0.05, 0.1) is 18.2 Å². The number of amides is 1. The summed E-state index contributed by atoms with van der Waals surface area (Å²) in [5, 5.41) is 0. The quantitative estimate of drug-likeness (QED) is 0.800. The molecule has 22 heavy (non-hydrogen) atoms. The van der Waals surface area contributed by atoms with Crippen molar-refractivity contribution in [2.45, 2.75) is 20.3 Å². The van der Waals surface area contributed by atoms with Crippen molar-refractivity contribution in [1.82, 2.24) is 0 Å². The van der Waals surface area contributed by atoms with Gasteiger partial charge < -0.3 is 14.1 Å². The number of rotatable bonds is 2. The maximum atomic E-state index is 12.7. The smallest absolute Gasteiger partial charge is 0.337 e. The summed E-state index contributed by atoms with van der Waals surface area (Å²) in [6.45, 7) is 4.21. The summed E-state index contributed by atoms with van der Waals surface area (Å²) in [7, 11) is 1.36. The highest BCUT2D eigenvalue weighted by Crippen LogP contribution is 2.31. The summed E-state index contributed by atoms with van der Waals surface area (Å²) in [5.74, 6) is 0.913. The zero-order valence-electron chi connectivity index (χ0n) is 12.8. The first-order chi connectivity index (χ1) is 10.5. The van der Waals surface area contributed by atoms with E-state index < -0.39 is 0 Å². The molecule has 1 aliphatic heterocycles. The molecule has 0 unspecified atom stereocenters. The van der Waals surface area contributed by atoms with Crippen LogP contribution in [0.25, 0.3) is 0 Å². The Kier molecular flexibility index (Phi) is 3.48. The van der Waals surface area contributed by atoms with Gasteiger partial charge in [0, 0.05) is 12.2 Å². The molecular formula is C17H17NO4. The third-order valence-corrected chi connectivity index (χ3v) is 3.91. The SMILES string of the molecule is COC(=O)c1ccc2c(c1)CCN2C(=O)c1cc(C)oc1C. The van der Waals surface area contributed by atoms with Crippen LogP contribution in [-0.2, 0) is 11.2 Å².